The molecule has 3 heterocycles. The fourth-order valence-corrected chi connectivity index (χ4v) is 3.41. The number of aromatic nitrogens is 3. The van der Waals surface area contributed by atoms with Gasteiger partial charge in [0.2, 0.25) is 5.95 Å². The summed E-state index contributed by atoms with van der Waals surface area (Å²) in [5, 5.41) is 8.49. The Labute approximate surface area is 145 Å². The monoisotopic (exact) mass is 341 g/mol. The molecular formula is C18H20ClN5. The van der Waals surface area contributed by atoms with Crippen LogP contribution in [-0.4, -0.2) is 34.1 Å². The van der Waals surface area contributed by atoms with E-state index in [0.29, 0.717) is 17.0 Å². The Hall–Kier alpha value is -2.11. The molecule has 0 saturated carbocycles. The van der Waals surface area contributed by atoms with Crippen molar-refractivity contribution in [1.29, 1.82) is 0 Å². The summed E-state index contributed by atoms with van der Waals surface area (Å²) in [5.74, 6) is 0.630. The molecule has 1 atom stereocenters. The van der Waals surface area contributed by atoms with E-state index >= 15 is 0 Å². The number of nitrogens with zero attached hydrogens (tertiary/aromatic N) is 2. The van der Waals surface area contributed by atoms with Gasteiger partial charge >= 0.3 is 0 Å². The zero-order chi connectivity index (χ0) is 16.5. The summed E-state index contributed by atoms with van der Waals surface area (Å²) >= 11 is 6.39. The van der Waals surface area contributed by atoms with Crippen LogP contribution in [0.2, 0.25) is 5.02 Å². The van der Waals surface area contributed by atoms with Crippen LogP contribution >= 0.6 is 11.6 Å². The van der Waals surface area contributed by atoms with Crippen LogP contribution in [0.3, 0.4) is 0 Å². The second-order valence-corrected chi connectivity index (χ2v) is 6.74. The highest BCUT2D eigenvalue weighted by atomic mass is 35.5. The maximum Gasteiger partial charge on any atom is 0.223 e. The molecule has 1 aliphatic heterocycles. The Balaban J connectivity index is 1.71. The first-order chi connectivity index (χ1) is 11.7. The molecule has 0 bridgehead atoms. The number of hydrogen-bond donors (Lipinski definition) is 3. The standard InChI is InChI=1S/C18H20ClN5/c1-11-4-5-16-13(7-11)14(9-21-16)17-15(19)10-22-18(24-17)23-12-3-2-6-20-8-12/h4-5,7,9-10,12,20-21H,2-3,6,8H2,1H3,(H,22,23,24)/t12-/m0/s1. The molecule has 3 aromatic rings. The van der Waals surface area contributed by atoms with Crippen LogP contribution in [-0.2, 0) is 0 Å². The molecule has 0 unspecified atom stereocenters. The lowest BCUT2D eigenvalue weighted by Crippen LogP contribution is -2.38. The molecule has 1 saturated heterocycles. The predicted octanol–water partition coefficient (Wildman–Crippen LogP) is 3.75. The van der Waals surface area contributed by atoms with E-state index in [4.69, 9.17) is 11.6 Å². The lowest BCUT2D eigenvalue weighted by Gasteiger charge is -2.23. The third kappa shape index (κ3) is 2.97. The summed E-state index contributed by atoms with van der Waals surface area (Å²) in [5.41, 5.74) is 4.05. The Kier molecular flexibility index (Phi) is 4.12. The van der Waals surface area contributed by atoms with Crippen LogP contribution in [0.4, 0.5) is 5.95 Å². The fraction of sp³-hybridized carbons (Fsp3) is 0.333. The average Bonchev–Trinajstić information content (AvgIpc) is 3.00. The molecule has 124 valence electrons. The molecule has 24 heavy (non-hydrogen) atoms. The molecule has 1 fully saturated rings. The third-order valence-corrected chi connectivity index (χ3v) is 4.74. The van der Waals surface area contributed by atoms with Crippen LogP contribution < -0.4 is 10.6 Å². The molecule has 1 aliphatic rings. The smallest absolute Gasteiger partial charge is 0.223 e. The van der Waals surface area contributed by atoms with Gasteiger partial charge in [0, 0.05) is 35.2 Å². The van der Waals surface area contributed by atoms with Crippen LogP contribution in [0.1, 0.15) is 18.4 Å². The number of rotatable bonds is 3. The van der Waals surface area contributed by atoms with Gasteiger partial charge in [-0.15, -0.1) is 0 Å². The molecule has 2 aromatic heterocycles. The van der Waals surface area contributed by atoms with Crippen molar-refractivity contribution in [1.82, 2.24) is 20.3 Å². The topological polar surface area (TPSA) is 65.6 Å². The fourth-order valence-electron chi connectivity index (χ4n) is 3.21. The van der Waals surface area contributed by atoms with E-state index in [-0.39, 0.29) is 0 Å². The van der Waals surface area contributed by atoms with Crippen molar-refractivity contribution in [2.75, 3.05) is 18.4 Å². The molecule has 5 nitrogen and oxygen atoms in total. The minimum absolute atomic E-state index is 0.359. The van der Waals surface area contributed by atoms with E-state index in [1.165, 1.54) is 12.0 Å². The van der Waals surface area contributed by atoms with Gasteiger partial charge in [0.05, 0.1) is 16.9 Å². The Morgan fingerprint density at radius 1 is 1.33 bits per heavy atom. The van der Waals surface area contributed by atoms with E-state index in [1.54, 1.807) is 6.20 Å². The van der Waals surface area contributed by atoms with E-state index in [9.17, 15) is 0 Å². The summed E-state index contributed by atoms with van der Waals surface area (Å²) in [4.78, 5) is 12.3. The van der Waals surface area contributed by atoms with Gasteiger partial charge in [-0.3, -0.25) is 0 Å². The second-order valence-electron chi connectivity index (χ2n) is 6.33. The van der Waals surface area contributed by atoms with E-state index < -0.39 is 0 Å². The summed E-state index contributed by atoms with van der Waals surface area (Å²) in [6, 6.07) is 6.68. The zero-order valence-electron chi connectivity index (χ0n) is 13.6. The molecule has 1 aromatic carbocycles. The zero-order valence-corrected chi connectivity index (χ0v) is 14.3. The highest BCUT2D eigenvalue weighted by Gasteiger charge is 2.16. The van der Waals surface area contributed by atoms with E-state index in [0.717, 1.165) is 41.7 Å². The molecule has 4 rings (SSSR count). The number of aromatic amines is 1. The molecule has 3 N–H and O–H groups in total. The van der Waals surface area contributed by atoms with Crippen LogP contribution in [0.5, 0.6) is 0 Å². The van der Waals surface area contributed by atoms with E-state index in [1.807, 2.05) is 6.20 Å². The minimum atomic E-state index is 0.359. The predicted molar refractivity (Wildman–Crippen MR) is 98.6 cm³/mol. The first-order valence-corrected chi connectivity index (χ1v) is 8.66. The van der Waals surface area contributed by atoms with Gasteiger partial charge in [0.25, 0.3) is 0 Å². The maximum atomic E-state index is 6.39. The number of nitrogens with one attached hydrogen (secondary N) is 3. The summed E-state index contributed by atoms with van der Waals surface area (Å²) in [6.45, 7) is 4.11. The normalized spacial score (nSPS) is 18.0. The Bertz CT molecular complexity index is 867. The Morgan fingerprint density at radius 3 is 3.08 bits per heavy atom. The third-order valence-electron chi connectivity index (χ3n) is 4.47. The van der Waals surface area contributed by atoms with Crippen molar-refractivity contribution in [3.63, 3.8) is 0 Å². The number of fused-ring (bicyclic) bond motifs is 1. The van der Waals surface area contributed by atoms with Crippen molar-refractivity contribution in [2.24, 2.45) is 0 Å². The lowest BCUT2D eigenvalue weighted by atomic mass is 10.1. The molecule has 0 spiro atoms. The molecule has 0 aliphatic carbocycles. The molecule has 0 radical (unpaired) electrons. The summed E-state index contributed by atoms with van der Waals surface area (Å²) < 4.78 is 0. The van der Waals surface area contributed by atoms with Crippen LogP contribution in [0.15, 0.2) is 30.6 Å². The first-order valence-electron chi connectivity index (χ1n) is 8.28. The van der Waals surface area contributed by atoms with Gasteiger partial charge in [0.1, 0.15) is 0 Å². The molecular weight excluding hydrogens is 322 g/mol. The molecule has 0 amide bonds. The van der Waals surface area contributed by atoms with Gasteiger partial charge in [-0.1, -0.05) is 23.2 Å². The summed E-state index contributed by atoms with van der Waals surface area (Å²) in [6.07, 6.45) is 5.93. The number of H-pyrrole nitrogens is 1. The SMILES string of the molecule is Cc1ccc2[nH]cc(-c3nc(N[C@H]4CCCNC4)ncc3Cl)c2c1. The van der Waals surface area contributed by atoms with Gasteiger partial charge in [0.15, 0.2) is 0 Å². The second kappa shape index (κ2) is 6.42. The number of benzene rings is 1. The number of halogens is 1. The van der Waals surface area contributed by atoms with E-state index in [2.05, 4.69) is 50.7 Å². The largest absolute Gasteiger partial charge is 0.360 e. The van der Waals surface area contributed by atoms with Gasteiger partial charge in [-0.25, -0.2) is 9.97 Å². The average molecular weight is 342 g/mol. The number of piperidine rings is 1. The van der Waals surface area contributed by atoms with Crippen molar-refractivity contribution >= 4 is 28.5 Å². The lowest BCUT2D eigenvalue weighted by molar-refractivity contribution is 0.478. The van der Waals surface area contributed by atoms with Gasteiger partial charge in [-0.05, 0) is 38.4 Å². The molecule has 6 heteroatoms. The maximum absolute atomic E-state index is 6.39. The van der Waals surface area contributed by atoms with Crippen LogP contribution in [0.25, 0.3) is 22.2 Å². The van der Waals surface area contributed by atoms with Crippen LogP contribution in [0, 0.1) is 6.92 Å². The van der Waals surface area contributed by atoms with Gasteiger partial charge < -0.3 is 15.6 Å². The number of aryl methyl sites for hydroxylation is 1. The van der Waals surface area contributed by atoms with Crippen molar-refractivity contribution < 1.29 is 0 Å². The summed E-state index contributed by atoms with van der Waals surface area (Å²) in [7, 11) is 0. The minimum Gasteiger partial charge on any atom is -0.360 e. The quantitative estimate of drug-likeness (QED) is 0.678. The first kappa shape index (κ1) is 15.4. The number of anilines is 1. The highest BCUT2D eigenvalue weighted by Crippen LogP contribution is 2.33. The van der Waals surface area contributed by atoms with Gasteiger partial charge in [-0.2, -0.15) is 0 Å². The Morgan fingerprint density at radius 2 is 2.25 bits per heavy atom. The number of hydrogen-bond acceptors (Lipinski definition) is 4. The van der Waals surface area contributed by atoms with Crippen molar-refractivity contribution in [3.05, 3.63) is 41.2 Å². The van der Waals surface area contributed by atoms with Crippen molar-refractivity contribution in [2.45, 2.75) is 25.8 Å². The van der Waals surface area contributed by atoms with Crippen molar-refractivity contribution in [3.8, 4) is 11.3 Å². The highest BCUT2D eigenvalue weighted by molar-refractivity contribution is 6.33.